The van der Waals surface area contributed by atoms with Crippen molar-refractivity contribution in [2.75, 3.05) is 41.8 Å². The Kier molecular flexibility index (Phi) is 9.71. The number of thiazole rings is 1. The Balaban J connectivity index is 0.951. The van der Waals surface area contributed by atoms with Gasteiger partial charge in [0.2, 0.25) is 5.95 Å². The van der Waals surface area contributed by atoms with Gasteiger partial charge >= 0.3 is 6.09 Å². The molecule has 1 saturated heterocycles. The zero-order valence-electron chi connectivity index (χ0n) is 28.1. The lowest BCUT2D eigenvalue weighted by Crippen LogP contribution is -2.36. The molecule has 2 N–H and O–H groups in total. The summed E-state index contributed by atoms with van der Waals surface area (Å²) in [5.74, 6) is 1.18. The van der Waals surface area contributed by atoms with Crippen LogP contribution < -0.4 is 20.3 Å². The summed E-state index contributed by atoms with van der Waals surface area (Å²) in [6, 6.07) is 35.2. The molecular weight excluding hydrogens is 675 g/mol. The van der Waals surface area contributed by atoms with E-state index in [9.17, 15) is 4.79 Å². The second kappa shape index (κ2) is 15.3. The van der Waals surface area contributed by atoms with Crippen LogP contribution in [0.15, 0.2) is 127 Å². The zero-order valence-corrected chi connectivity index (χ0v) is 29.0. The number of nitrogens with zero attached hydrogens (tertiary/aromatic N) is 5. The molecule has 8 rings (SSSR count). The highest BCUT2D eigenvalue weighted by molar-refractivity contribution is 7.15. The van der Waals surface area contributed by atoms with Gasteiger partial charge in [-0.1, -0.05) is 54.6 Å². The van der Waals surface area contributed by atoms with Gasteiger partial charge in [0.15, 0.2) is 4.96 Å². The number of carbonyl (C=O) groups excluding carboxylic acids is 1. The average molecular weight is 710 g/mol. The molecule has 0 radical (unpaired) electrons. The van der Waals surface area contributed by atoms with Gasteiger partial charge in [0, 0.05) is 53.5 Å². The third-order valence-electron chi connectivity index (χ3n) is 8.56. The van der Waals surface area contributed by atoms with Crippen LogP contribution in [0.25, 0.3) is 27.6 Å². The number of hydrogen-bond donors (Lipinski definition) is 2. The fraction of sp³-hybridized carbons (Fsp3) is 0.150. The highest BCUT2D eigenvalue weighted by Crippen LogP contribution is 2.35. The third kappa shape index (κ3) is 7.73. The van der Waals surface area contributed by atoms with Crippen molar-refractivity contribution in [3.8, 4) is 28.4 Å². The number of carbonyl (C=O) groups is 1. The second-order valence-electron chi connectivity index (χ2n) is 12.1. The summed E-state index contributed by atoms with van der Waals surface area (Å²) in [5, 5.41) is 8.20. The average Bonchev–Trinajstić information content (AvgIpc) is 3.80. The number of nitrogens with one attached hydrogen (secondary N) is 2. The minimum absolute atomic E-state index is 0.0949. The Morgan fingerprint density at radius 3 is 2.52 bits per heavy atom. The van der Waals surface area contributed by atoms with E-state index in [2.05, 4.69) is 32.7 Å². The lowest BCUT2D eigenvalue weighted by Gasteiger charge is -2.28. The molecule has 1 aliphatic rings. The Bertz CT molecular complexity index is 2290. The molecule has 1 fully saturated rings. The lowest BCUT2D eigenvalue weighted by molar-refractivity contribution is 0.122. The summed E-state index contributed by atoms with van der Waals surface area (Å²) in [7, 11) is 0. The molecule has 0 aliphatic carbocycles. The van der Waals surface area contributed by atoms with Gasteiger partial charge in [0.1, 0.15) is 24.7 Å². The molecule has 0 saturated carbocycles. The largest absolute Gasteiger partial charge is 0.489 e. The maximum atomic E-state index is 12.9. The van der Waals surface area contributed by atoms with Crippen molar-refractivity contribution < 1.29 is 19.0 Å². The van der Waals surface area contributed by atoms with Crippen molar-refractivity contribution in [1.29, 1.82) is 0 Å². The maximum absolute atomic E-state index is 12.9. The molecule has 260 valence electrons. The van der Waals surface area contributed by atoms with Crippen LogP contribution in [0.4, 0.5) is 27.8 Å². The minimum Gasteiger partial charge on any atom is -0.489 e. The molecule has 1 amide bonds. The first kappa shape index (κ1) is 32.9. The molecular formula is C40H35N7O4S. The van der Waals surface area contributed by atoms with Crippen LogP contribution in [-0.4, -0.2) is 51.7 Å². The van der Waals surface area contributed by atoms with E-state index >= 15 is 0 Å². The summed E-state index contributed by atoms with van der Waals surface area (Å²) in [5.41, 5.74) is 7.60. The first-order valence-electron chi connectivity index (χ1n) is 16.9. The van der Waals surface area contributed by atoms with Crippen LogP contribution in [0.1, 0.15) is 11.1 Å². The number of aromatic nitrogens is 4. The molecule has 12 heteroatoms. The number of morpholine rings is 1. The number of imidazole rings is 1. The molecule has 3 aromatic heterocycles. The molecule has 11 nitrogen and oxygen atoms in total. The van der Waals surface area contributed by atoms with Gasteiger partial charge < -0.3 is 24.4 Å². The first-order valence-corrected chi connectivity index (χ1v) is 17.8. The van der Waals surface area contributed by atoms with E-state index in [1.807, 2.05) is 113 Å². The number of rotatable bonds is 11. The van der Waals surface area contributed by atoms with Gasteiger partial charge in [-0.25, -0.2) is 19.7 Å². The topological polar surface area (TPSA) is 115 Å². The highest BCUT2D eigenvalue weighted by atomic mass is 32.1. The van der Waals surface area contributed by atoms with Crippen LogP contribution in [0.2, 0.25) is 0 Å². The number of amides is 1. The Hall–Kier alpha value is -6.24. The molecule has 52 heavy (non-hydrogen) atoms. The van der Waals surface area contributed by atoms with Gasteiger partial charge in [0.05, 0.1) is 24.6 Å². The molecule has 0 bridgehead atoms. The SMILES string of the molecule is O=C(Nc1cccc(-c2nc3sccn3c2-c2ccnc(Nc3ccc(N4CCOCC4)cc3)n2)c1)OCc1cccc(OCc2ccccc2)c1. The van der Waals surface area contributed by atoms with Crippen molar-refractivity contribution >= 4 is 45.4 Å². The van der Waals surface area contributed by atoms with Crippen LogP contribution >= 0.6 is 11.3 Å². The Morgan fingerprint density at radius 2 is 1.65 bits per heavy atom. The fourth-order valence-electron chi connectivity index (χ4n) is 6.00. The lowest BCUT2D eigenvalue weighted by atomic mass is 10.1. The maximum Gasteiger partial charge on any atom is 0.411 e. The van der Waals surface area contributed by atoms with Gasteiger partial charge in [0.25, 0.3) is 0 Å². The van der Waals surface area contributed by atoms with Crippen molar-refractivity contribution in [3.05, 3.63) is 138 Å². The van der Waals surface area contributed by atoms with E-state index in [4.69, 9.17) is 24.2 Å². The van der Waals surface area contributed by atoms with Crippen molar-refractivity contribution in [1.82, 2.24) is 19.4 Å². The quantitative estimate of drug-likeness (QED) is 0.137. The van der Waals surface area contributed by atoms with E-state index in [0.717, 1.165) is 70.7 Å². The Morgan fingerprint density at radius 1 is 0.827 bits per heavy atom. The van der Waals surface area contributed by atoms with Crippen LogP contribution in [0.3, 0.4) is 0 Å². The van der Waals surface area contributed by atoms with Gasteiger partial charge in [-0.05, 0) is 65.7 Å². The number of anilines is 4. The first-order chi connectivity index (χ1) is 25.6. The predicted octanol–water partition coefficient (Wildman–Crippen LogP) is 8.43. The highest BCUT2D eigenvalue weighted by Gasteiger charge is 2.19. The Labute approximate surface area is 304 Å². The van der Waals surface area contributed by atoms with E-state index in [0.29, 0.717) is 29.7 Å². The molecule has 0 spiro atoms. The normalized spacial score (nSPS) is 12.8. The molecule has 1 aliphatic heterocycles. The van der Waals surface area contributed by atoms with E-state index in [-0.39, 0.29) is 6.61 Å². The monoisotopic (exact) mass is 709 g/mol. The van der Waals surface area contributed by atoms with Gasteiger partial charge in [-0.15, -0.1) is 11.3 Å². The number of fused-ring (bicyclic) bond motifs is 1. The van der Waals surface area contributed by atoms with E-state index in [1.165, 1.54) is 11.3 Å². The smallest absolute Gasteiger partial charge is 0.411 e. The number of ether oxygens (including phenoxy) is 3. The minimum atomic E-state index is -0.566. The molecule has 0 unspecified atom stereocenters. The summed E-state index contributed by atoms with van der Waals surface area (Å²) in [4.78, 5) is 30.4. The van der Waals surface area contributed by atoms with Crippen molar-refractivity contribution in [3.63, 3.8) is 0 Å². The predicted molar refractivity (Wildman–Crippen MR) is 203 cm³/mol. The summed E-state index contributed by atoms with van der Waals surface area (Å²) in [6.45, 7) is 3.80. The third-order valence-corrected chi connectivity index (χ3v) is 9.32. The summed E-state index contributed by atoms with van der Waals surface area (Å²) >= 11 is 1.54. The summed E-state index contributed by atoms with van der Waals surface area (Å²) in [6.07, 6.45) is 3.15. The fourth-order valence-corrected chi connectivity index (χ4v) is 6.72. The zero-order chi connectivity index (χ0) is 35.1. The van der Waals surface area contributed by atoms with E-state index < -0.39 is 6.09 Å². The molecule has 4 heterocycles. The van der Waals surface area contributed by atoms with E-state index in [1.54, 1.807) is 6.20 Å². The summed E-state index contributed by atoms with van der Waals surface area (Å²) < 4.78 is 19.0. The second-order valence-corrected chi connectivity index (χ2v) is 13.0. The molecule has 7 aromatic rings. The van der Waals surface area contributed by atoms with Crippen LogP contribution in [-0.2, 0) is 22.7 Å². The van der Waals surface area contributed by atoms with Crippen molar-refractivity contribution in [2.45, 2.75) is 13.2 Å². The number of hydrogen-bond acceptors (Lipinski definition) is 10. The van der Waals surface area contributed by atoms with Crippen molar-refractivity contribution in [2.24, 2.45) is 0 Å². The van der Waals surface area contributed by atoms with Crippen LogP contribution in [0.5, 0.6) is 5.75 Å². The molecule has 0 atom stereocenters. The standard InChI is InChI=1S/C40H35N7O4S/c48-40(51-27-29-8-4-11-34(24-29)50-26-28-6-2-1-3-7-28)43-32-10-5-9-30(25-32)36-37(47-20-23-52-39(47)45-36)35-16-17-41-38(44-35)42-31-12-14-33(15-13-31)46-18-21-49-22-19-46/h1-17,20,23-25H,18-19,21-22,26-27H2,(H,43,48)(H,41,42,44). The van der Waals surface area contributed by atoms with Gasteiger partial charge in [-0.3, -0.25) is 9.72 Å². The van der Waals surface area contributed by atoms with Gasteiger partial charge in [-0.2, -0.15) is 0 Å². The number of benzene rings is 4. The van der Waals surface area contributed by atoms with Crippen LogP contribution in [0, 0.1) is 0 Å². The molecule has 4 aromatic carbocycles.